The van der Waals surface area contributed by atoms with Crippen molar-refractivity contribution in [2.24, 2.45) is 0 Å². The van der Waals surface area contributed by atoms with Crippen LogP contribution in [0.2, 0.25) is 18.1 Å². The summed E-state index contributed by atoms with van der Waals surface area (Å²) in [5.74, 6) is -0.177. The van der Waals surface area contributed by atoms with Crippen molar-refractivity contribution in [3.8, 4) is 0 Å². The van der Waals surface area contributed by atoms with Gasteiger partial charge in [0.25, 0.3) is 0 Å². The number of carboxylic acid groups (broad SMARTS) is 1. The SMILES string of the molecule is C=CCOC(=O)C1=C(CCCCCCC[C@@H](C)O[Si](C)(C)C(C)(C)C)NC2=[N+]3[C@H](CC[C@@H]13)C[C@H](C)N2.CC(=O)[O-]. The molecule has 9 heteroatoms. The number of carbonyl (C=O) groups excluding carboxylic acids is 2. The number of hydrogen-bond donors (Lipinski definition) is 2. The second-order valence-electron chi connectivity index (χ2n) is 13.2. The lowest BCUT2D eigenvalue weighted by Gasteiger charge is -2.38. The average molecular weight is 578 g/mol. The molecule has 0 aromatic heterocycles. The molecule has 0 unspecified atom stereocenters. The van der Waals surface area contributed by atoms with E-state index in [4.69, 9.17) is 19.1 Å². The molecule has 0 aromatic carbocycles. The summed E-state index contributed by atoms with van der Waals surface area (Å²) in [7, 11) is -1.68. The van der Waals surface area contributed by atoms with Gasteiger partial charge in [0.2, 0.25) is 0 Å². The molecule has 3 aliphatic heterocycles. The van der Waals surface area contributed by atoms with E-state index in [1.165, 1.54) is 25.7 Å². The van der Waals surface area contributed by atoms with E-state index in [1.54, 1.807) is 6.08 Å². The fourth-order valence-corrected chi connectivity index (χ4v) is 7.17. The van der Waals surface area contributed by atoms with Gasteiger partial charge >= 0.3 is 11.9 Å². The third-order valence-corrected chi connectivity index (χ3v) is 13.2. The van der Waals surface area contributed by atoms with Crippen molar-refractivity contribution < 1.29 is 28.4 Å². The van der Waals surface area contributed by atoms with E-state index in [9.17, 15) is 4.79 Å². The molecule has 0 aromatic rings. The van der Waals surface area contributed by atoms with Crippen LogP contribution in [0.4, 0.5) is 0 Å². The van der Waals surface area contributed by atoms with Crippen LogP contribution < -0.4 is 15.7 Å². The van der Waals surface area contributed by atoms with E-state index in [1.807, 2.05) is 0 Å². The number of esters is 1. The Morgan fingerprint density at radius 1 is 1.18 bits per heavy atom. The van der Waals surface area contributed by atoms with Crippen LogP contribution in [0.5, 0.6) is 0 Å². The van der Waals surface area contributed by atoms with Gasteiger partial charge in [-0.1, -0.05) is 59.1 Å². The number of guanidine groups is 1. The molecule has 3 rings (SSSR count). The molecule has 0 bridgehead atoms. The Morgan fingerprint density at radius 3 is 2.42 bits per heavy atom. The molecule has 8 nitrogen and oxygen atoms in total. The minimum atomic E-state index is -1.68. The first-order valence-electron chi connectivity index (χ1n) is 15.2. The van der Waals surface area contributed by atoms with Crippen molar-refractivity contribution >= 4 is 26.2 Å². The smallest absolute Gasteiger partial charge is 0.351 e. The zero-order valence-electron chi connectivity index (χ0n) is 26.4. The van der Waals surface area contributed by atoms with Gasteiger partial charge in [-0.2, -0.15) is 0 Å². The normalized spacial score (nSPS) is 22.9. The molecule has 3 aliphatic rings. The summed E-state index contributed by atoms with van der Waals surface area (Å²) in [6, 6.07) is 1.08. The lowest BCUT2D eigenvalue weighted by molar-refractivity contribution is -0.580. The summed E-state index contributed by atoms with van der Waals surface area (Å²) in [4.78, 5) is 21.9. The molecule has 0 radical (unpaired) electrons. The maximum absolute atomic E-state index is 13.1. The van der Waals surface area contributed by atoms with E-state index in [2.05, 4.69) is 69.5 Å². The number of carboxylic acids is 1. The summed E-state index contributed by atoms with van der Waals surface area (Å²) in [6.07, 6.45) is 13.2. The van der Waals surface area contributed by atoms with Crippen molar-refractivity contribution in [3.63, 3.8) is 0 Å². The van der Waals surface area contributed by atoms with Gasteiger partial charge in [0.05, 0.1) is 17.8 Å². The average Bonchev–Trinajstić information content (AvgIpc) is 3.24. The first kappa shape index (κ1) is 34.1. The summed E-state index contributed by atoms with van der Waals surface area (Å²) < 4.78 is 14.4. The number of carbonyl (C=O) groups is 2. The highest BCUT2D eigenvalue weighted by atomic mass is 28.4. The van der Waals surface area contributed by atoms with Crippen LogP contribution in [0.15, 0.2) is 23.9 Å². The number of unbranched alkanes of at least 4 members (excludes halogenated alkanes) is 4. The van der Waals surface area contributed by atoms with E-state index in [0.29, 0.717) is 18.2 Å². The molecular weight excluding hydrogens is 522 g/mol. The van der Waals surface area contributed by atoms with Crippen molar-refractivity contribution in [2.75, 3.05) is 6.61 Å². The number of rotatable bonds is 13. The van der Waals surface area contributed by atoms with Crippen molar-refractivity contribution in [2.45, 2.75) is 148 Å². The molecule has 0 spiro atoms. The quantitative estimate of drug-likeness (QED) is 0.107. The Labute approximate surface area is 243 Å². The molecule has 1 fully saturated rings. The molecule has 40 heavy (non-hydrogen) atoms. The van der Waals surface area contributed by atoms with Gasteiger partial charge in [0.1, 0.15) is 18.2 Å². The molecule has 228 valence electrons. The van der Waals surface area contributed by atoms with Gasteiger partial charge in [0.15, 0.2) is 8.32 Å². The number of ether oxygens (including phenoxy) is 1. The van der Waals surface area contributed by atoms with Gasteiger partial charge < -0.3 is 19.1 Å². The Balaban J connectivity index is 0.00000131. The molecule has 1 saturated heterocycles. The van der Waals surface area contributed by atoms with Gasteiger partial charge in [-0.3, -0.25) is 9.89 Å². The third-order valence-electron chi connectivity index (χ3n) is 8.59. The van der Waals surface area contributed by atoms with Crippen LogP contribution in [0.25, 0.3) is 0 Å². The minimum absolute atomic E-state index is 0.126. The summed E-state index contributed by atoms with van der Waals surface area (Å²) in [6.45, 7) is 21.0. The third kappa shape index (κ3) is 9.75. The van der Waals surface area contributed by atoms with Crippen molar-refractivity contribution in [1.82, 2.24) is 10.6 Å². The Kier molecular flexibility index (Phi) is 12.9. The zero-order chi connectivity index (χ0) is 30.1. The lowest BCUT2D eigenvalue weighted by atomic mass is 9.97. The first-order valence-corrected chi connectivity index (χ1v) is 18.1. The van der Waals surface area contributed by atoms with Crippen molar-refractivity contribution in [1.29, 1.82) is 0 Å². The Hall–Kier alpha value is -2.13. The number of allylic oxidation sites excluding steroid dienone is 1. The number of aliphatic carboxylic acids is 1. The molecule has 3 heterocycles. The van der Waals surface area contributed by atoms with Crippen LogP contribution in [0.3, 0.4) is 0 Å². The Morgan fingerprint density at radius 2 is 1.80 bits per heavy atom. The predicted octanol–water partition coefficient (Wildman–Crippen LogP) is 4.75. The first-order chi connectivity index (χ1) is 18.7. The fourth-order valence-electron chi connectivity index (χ4n) is 5.69. The second-order valence-corrected chi connectivity index (χ2v) is 17.9. The summed E-state index contributed by atoms with van der Waals surface area (Å²) in [5, 5.41) is 16.4. The lowest BCUT2D eigenvalue weighted by Crippen LogP contribution is -2.59. The maximum Gasteiger partial charge on any atom is 0.351 e. The molecule has 4 atom stereocenters. The number of nitrogens with one attached hydrogen (secondary N) is 2. The van der Waals surface area contributed by atoms with Gasteiger partial charge in [-0.25, -0.2) is 10.1 Å². The summed E-state index contributed by atoms with van der Waals surface area (Å²) in [5.41, 5.74) is 1.90. The van der Waals surface area contributed by atoms with Gasteiger partial charge in [0, 0.05) is 24.9 Å². The zero-order valence-corrected chi connectivity index (χ0v) is 27.4. The largest absolute Gasteiger partial charge is 0.550 e. The molecule has 0 aliphatic carbocycles. The maximum atomic E-state index is 13.1. The molecule has 0 amide bonds. The van der Waals surface area contributed by atoms with E-state index < -0.39 is 14.3 Å². The van der Waals surface area contributed by atoms with E-state index in [0.717, 1.165) is 62.7 Å². The highest BCUT2D eigenvalue weighted by Gasteiger charge is 2.48. The van der Waals surface area contributed by atoms with Crippen LogP contribution in [-0.4, -0.2) is 61.6 Å². The fraction of sp³-hybridized carbons (Fsp3) is 0.774. The second kappa shape index (κ2) is 15.2. The van der Waals surface area contributed by atoms with Crippen LogP contribution in [0, 0.1) is 0 Å². The summed E-state index contributed by atoms with van der Waals surface area (Å²) >= 11 is 0. The molecule has 2 N–H and O–H groups in total. The topological polar surface area (TPSA) is 103 Å². The Bertz CT molecular complexity index is 949. The van der Waals surface area contributed by atoms with Crippen LogP contribution in [0.1, 0.15) is 106 Å². The number of nitrogens with zero attached hydrogens (tertiary/aromatic N) is 1. The minimum Gasteiger partial charge on any atom is -0.550 e. The van der Waals surface area contributed by atoms with Crippen LogP contribution in [-0.2, 0) is 18.8 Å². The van der Waals surface area contributed by atoms with E-state index in [-0.39, 0.29) is 23.7 Å². The predicted molar refractivity (Wildman–Crippen MR) is 161 cm³/mol. The van der Waals surface area contributed by atoms with Gasteiger partial charge in [-0.05, 0) is 64.6 Å². The standard InChI is InChI=1S/C29H51N3O3Si.C2H4O2/c1-9-19-34-27(33)26-24(31-28-30-21(2)20-23-17-18-25(26)32(23)28)16-14-12-10-11-13-15-22(3)35-36(7,8)29(4,5)6;1-2(3)4/h9,21-23,25H,1,10-20H2,2-8H3,(H,30,31,33);1H3,(H,3,4)/t21-,22+,23+,25-;/m0./s1. The van der Waals surface area contributed by atoms with Crippen LogP contribution >= 0.6 is 0 Å². The number of hydrogen-bond acceptors (Lipinski definition) is 7. The van der Waals surface area contributed by atoms with Crippen molar-refractivity contribution in [3.05, 3.63) is 23.9 Å². The molecule has 0 saturated carbocycles. The monoisotopic (exact) mass is 577 g/mol. The van der Waals surface area contributed by atoms with E-state index >= 15 is 0 Å². The van der Waals surface area contributed by atoms with Gasteiger partial charge in [-0.15, -0.1) is 0 Å². The molecular formula is C31H55N3O5Si. The highest BCUT2D eigenvalue weighted by Crippen LogP contribution is 2.38. The highest BCUT2D eigenvalue weighted by molar-refractivity contribution is 6.74.